The van der Waals surface area contributed by atoms with Gasteiger partial charge in [-0.25, -0.2) is 4.79 Å². The number of ether oxygens (including phenoxy) is 2. The second kappa shape index (κ2) is 10.1. The number of carboxylic acid groups (broad SMARTS) is 1. The van der Waals surface area contributed by atoms with Crippen LogP contribution in [-0.2, 0) is 6.61 Å². The molecule has 0 saturated heterocycles. The topological polar surface area (TPSA) is 79.5 Å². The normalized spacial score (nSPS) is 10.9. The minimum Gasteiger partial charge on any atom is -0.490 e. The number of benzene rings is 3. The Hall–Kier alpha value is -4.04. The van der Waals surface area contributed by atoms with Crippen LogP contribution in [0.15, 0.2) is 66.7 Å². The quantitative estimate of drug-likeness (QED) is 0.376. The molecule has 0 aliphatic carbocycles. The molecule has 3 aromatic carbocycles. The van der Waals surface area contributed by atoms with Crippen LogP contribution in [0.1, 0.15) is 39.5 Å². The zero-order valence-corrected chi connectivity index (χ0v) is 17.5. The molecule has 0 bridgehead atoms. The monoisotopic (exact) mass is 413 g/mol. The van der Waals surface area contributed by atoms with Crippen molar-refractivity contribution in [1.29, 1.82) is 5.26 Å². The van der Waals surface area contributed by atoms with E-state index in [1.807, 2.05) is 62.4 Å². The van der Waals surface area contributed by atoms with Gasteiger partial charge in [-0.2, -0.15) is 5.26 Å². The van der Waals surface area contributed by atoms with Gasteiger partial charge in [0, 0.05) is 0 Å². The molecule has 5 nitrogen and oxygen atoms in total. The van der Waals surface area contributed by atoms with Crippen LogP contribution in [0.3, 0.4) is 0 Å². The molecule has 5 heteroatoms. The van der Waals surface area contributed by atoms with Crippen molar-refractivity contribution in [1.82, 2.24) is 0 Å². The largest absolute Gasteiger partial charge is 0.490 e. The second-order valence-corrected chi connectivity index (χ2v) is 6.97. The van der Waals surface area contributed by atoms with E-state index in [2.05, 4.69) is 6.07 Å². The van der Waals surface area contributed by atoms with Crippen molar-refractivity contribution in [2.24, 2.45) is 0 Å². The summed E-state index contributed by atoms with van der Waals surface area (Å²) in [5.41, 5.74) is 4.47. The Bertz CT molecular complexity index is 1120. The Kier molecular flexibility index (Phi) is 7.08. The van der Waals surface area contributed by atoms with Crippen molar-refractivity contribution in [3.63, 3.8) is 0 Å². The Balaban J connectivity index is 1.80. The fraction of sp³-hybridized carbons (Fsp3) is 0.154. The molecule has 0 aromatic heterocycles. The number of nitrogens with zero attached hydrogens (tertiary/aromatic N) is 1. The predicted molar refractivity (Wildman–Crippen MR) is 120 cm³/mol. The fourth-order valence-corrected chi connectivity index (χ4v) is 2.99. The van der Waals surface area contributed by atoms with Crippen molar-refractivity contribution in [2.75, 3.05) is 6.61 Å². The Morgan fingerprint density at radius 1 is 0.968 bits per heavy atom. The molecule has 0 radical (unpaired) electrons. The van der Waals surface area contributed by atoms with E-state index in [1.54, 1.807) is 24.3 Å². The van der Waals surface area contributed by atoms with Gasteiger partial charge < -0.3 is 14.6 Å². The van der Waals surface area contributed by atoms with Gasteiger partial charge in [0.2, 0.25) is 0 Å². The van der Waals surface area contributed by atoms with Crippen LogP contribution in [0.5, 0.6) is 11.5 Å². The molecule has 31 heavy (non-hydrogen) atoms. The third-order valence-corrected chi connectivity index (χ3v) is 4.66. The number of aromatic carboxylic acids is 1. The first-order valence-corrected chi connectivity index (χ1v) is 9.91. The second-order valence-electron chi connectivity index (χ2n) is 6.97. The van der Waals surface area contributed by atoms with E-state index >= 15 is 0 Å². The van der Waals surface area contributed by atoms with Gasteiger partial charge in [-0.3, -0.25) is 0 Å². The maximum Gasteiger partial charge on any atom is 0.335 e. The van der Waals surface area contributed by atoms with Crippen molar-refractivity contribution < 1.29 is 19.4 Å². The van der Waals surface area contributed by atoms with Crippen LogP contribution in [0, 0.1) is 18.3 Å². The maximum atomic E-state index is 11.0. The minimum atomic E-state index is -0.961. The molecular weight excluding hydrogens is 390 g/mol. The van der Waals surface area contributed by atoms with Gasteiger partial charge in [-0.1, -0.05) is 48.0 Å². The molecule has 0 unspecified atom stereocenters. The molecule has 1 N–H and O–H groups in total. The predicted octanol–water partition coefficient (Wildman–Crippen LogP) is 5.74. The summed E-state index contributed by atoms with van der Waals surface area (Å²) in [5.74, 6) is 0.201. The molecule has 0 heterocycles. The van der Waals surface area contributed by atoms with E-state index < -0.39 is 5.97 Å². The van der Waals surface area contributed by atoms with E-state index in [4.69, 9.17) is 14.6 Å². The van der Waals surface area contributed by atoms with Gasteiger partial charge in [0.15, 0.2) is 11.5 Å². The van der Waals surface area contributed by atoms with E-state index in [1.165, 1.54) is 0 Å². The van der Waals surface area contributed by atoms with Crippen molar-refractivity contribution in [3.05, 3.63) is 94.5 Å². The maximum absolute atomic E-state index is 11.0. The molecule has 0 fully saturated rings. The highest BCUT2D eigenvalue weighted by atomic mass is 16.5. The summed E-state index contributed by atoms with van der Waals surface area (Å²) in [7, 11) is 0. The molecule has 0 spiro atoms. The van der Waals surface area contributed by atoms with Crippen LogP contribution in [0.25, 0.3) is 11.6 Å². The van der Waals surface area contributed by atoms with Crippen molar-refractivity contribution in [3.8, 4) is 17.6 Å². The summed E-state index contributed by atoms with van der Waals surface area (Å²) in [6.45, 7) is 4.65. The number of rotatable bonds is 8. The van der Waals surface area contributed by atoms with Crippen LogP contribution < -0.4 is 9.47 Å². The number of aryl methyl sites for hydroxylation is 1. The molecule has 0 aliphatic rings. The summed E-state index contributed by atoms with van der Waals surface area (Å²) < 4.78 is 11.6. The third-order valence-electron chi connectivity index (χ3n) is 4.66. The van der Waals surface area contributed by atoms with Gasteiger partial charge in [0.05, 0.1) is 23.8 Å². The summed E-state index contributed by atoms with van der Waals surface area (Å²) in [6.07, 6.45) is 1.82. The van der Waals surface area contributed by atoms with E-state index in [0.717, 1.165) is 22.3 Å². The van der Waals surface area contributed by atoms with Gasteiger partial charge >= 0.3 is 5.97 Å². The lowest BCUT2D eigenvalue weighted by Gasteiger charge is -2.13. The lowest BCUT2D eigenvalue weighted by molar-refractivity contribution is 0.0697. The van der Waals surface area contributed by atoms with Crippen molar-refractivity contribution in [2.45, 2.75) is 20.5 Å². The number of hydrogen-bond acceptors (Lipinski definition) is 4. The first kappa shape index (κ1) is 21.7. The van der Waals surface area contributed by atoms with Crippen LogP contribution in [0.4, 0.5) is 0 Å². The molecule has 156 valence electrons. The van der Waals surface area contributed by atoms with E-state index in [-0.39, 0.29) is 12.2 Å². The third kappa shape index (κ3) is 5.74. The van der Waals surface area contributed by atoms with Gasteiger partial charge in [0.1, 0.15) is 6.61 Å². The number of carbonyl (C=O) groups is 1. The highest BCUT2D eigenvalue weighted by Crippen LogP contribution is 2.31. The Labute approximate surface area is 181 Å². The molecule has 0 aliphatic heterocycles. The summed E-state index contributed by atoms with van der Waals surface area (Å²) >= 11 is 0. The highest BCUT2D eigenvalue weighted by Gasteiger charge is 2.09. The molecule has 0 atom stereocenters. The van der Waals surface area contributed by atoms with Crippen molar-refractivity contribution >= 4 is 17.6 Å². The molecule has 0 amide bonds. The number of nitriles is 1. The van der Waals surface area contributed by atoms with Gasteiger partial charge in [-0.15, -0.1) is 0 Å². The Morgan fingerprint density at radius 3 is 2.26 bits per heavy atom. The number of allylic oxidation sites excluding steroid dienone is 1. The molecule has 3 aromatic rings. The first-order valence-electron chi connectivity index (χ1n) is 9.91. The zero-order chi connectivity index (χ0) is 22.2. The summed E-state index contributed by atoms with van der Waals surface area (Å²) in [5, 5.41) is 18.6. The molecular formula is C26H23NO4. The van der Waals surface area contributed by atoms with Crippen LogP contribution >= 0.6 is 0 Å². The Morgan fingerprint density at radius 2 is 1.65 bits per heavy atom. The van der Waals surface area contributed by atoms with Crippen LogP contribution in [0.2, 0.25) is 0 Å². The average molecular weight is 413 g/mol. The fourth-order valence-electron chi connectivity index (χ4n) is 2.99. The minimum absolute atomic E-state index is 0.233. The standard InChI is InChI=1S/C26H23NO4/c1-3-30-25-15-20(14-23(16-27)21-9-4-18(2)5-10-21)8-13-24(25)31-17-19-6-11-22(12-7-19)26(28)29/h4-15H,3,17H2,1-2H3,(H,28,29)/b23-14+. The first-order chi connectivity index (χ1) is 15.0. The van der Waals surface area contributed by atoms with E-state index in [0.29, 0.717) is 23.7 Å². The average Bonchev–Trinajstić information content (AvgIpc) is 2.78. The smallest absolute Gasteiger partial charge is 0.335 e. The molecule has 3 rings (SSSR count). The van der Waals surface area contributed by atoms with E-state index in [9.17, 15) is 10.1 Å². The van der Waals surface area contributed by atoms with Gasteiger partial charge in [0.25, 0.3) is 0 Å². The number of hydrogen-bond donors (Lipinski definition) is 1. The number of carboxylic acids is 1. The molecule has 0 saturated carbocycles. The SMILES string of the molecule is CCOc1cc(/C=C(\C#N)c2ccc(C)cc2)ccc1OCc1ccc(C(=O)O)cc1. The lowest BCUT2D eigenvalue weighted by Crippen LogP contribution is -2.01. The summed E-state index contributed by atoms with van der Waals surface area (Å²) in [4.78, 5) is 11.0. The van der Waals surface area contributed by atoms with Crippen LogP contribution in [-0.4, -0.2) is 17.7 Å². The lowest BCUT2D eigenvalue weighted by atomic mass is 10.0. The summed E-state index contributed by atoms with van der Waals surface area (Å²) in [6, 6.07) is 22.2. The van der Waals surface area contributed by atoms with Gasteiger partial charge in [-0.05, 0) is 60.9 Å². The zero-order valence-electron chi connectivity index (χ0n) is 17.5. The highest BCUT2D eigenvalue weighted by molar-refractivity contribution is 5.90.